The van der Waals surface area contributed by atoms with Crippen molar-refractivity contribution in [2.24, 2.45) is 11.8 Å². The average Bonchev–Trinajstić information content (AvgIpc) is 2.37. The fourth-order valence-electron chi connectivity index (χ4n) is 1.83. The Balaban J connectivity index is 2.86. The second-order valence-corrected chi connectivity index (χ2v) is 4.94. The third kappa shape index (κ3) is 4.83. The highest BCUT2D eigenvalue weighted by Gasteiger charge is 2.21. The van der Waals surface area contributed by atoms with Crippen LogP contribution in [0.3, 0.4) is 0 Å². The van der Waals surface area contributed by atoms with Crippen LogP contribution in [0.4, 0.5) is 4.39 Å². The van der Waals surface area contributed by atoms with Gasteiger partial charge in [0.15, 0.2) is 0 Å². The molecule has 0 aliphatic heterocycles. The Kier molecular flexibility index (Phi) is 5.70. The number of benzene rings is 1. The smallest absolute Gasteiger partial charge is 0.310 e. The Bertz CT molecular complexity index is 440. The van der Waals surface area contributed by atoms with Crippen molar-refractivity contribution in [3.05, 3.63) is 47.8 Å². The van der Waals surface area contributed by atoms with Gasteiger partial charge < -0.3 is 10.2 Å². The molecular weight excluding hydrogens is 247 g/mol. The lowest BCUT2D eigenvalue weighted by atomic mass is 9.95. The van der Waals surface area contributed by atoms with Gasteiger partial charge in [0.1, 0.15) is 11.9 Å². The summed E-state index contributed by atoms with van der Waals surface area (Å²) in [7, 11) is 0. The van der Waals surface area contributed by atoms with Crippen molar-refractivity contribution >= 4 is 5.97 Å². The van der Waals surface area contributed by atoms with Gasteiger partial charge >= 0.3 is 5.97 Å². The van der Waals surface area contributed by atoms with E-state index in [0.717, 1.165) is 6.08 Å². The van der Waals surface area contributed by atoms with Gasteiger partial charge in [-0.1, -0.05) is 44.2 Å². The number of carboxylic acids is 1. The van der Waals surface area contributed by atoms with E-state index in [-0.39, 0.29) is 5.92 Å². The van der Waals surface area contributed by atoms with Gasteiger partial charge in [0.05, 0.1) is 5.92 Å². The molecule has 0 amide bonds. The minimum absolute atomic E-state index is 0.138. The van der Waals surface area contributed by atoms with Crippen LogP contribution >= 0.6 is 0 Å². The summed E-state index contributed by atoms with van der Waals surface area (Å²) in [6.07, 6.45) is -0.0696. The van der Waals surface area contributed by atoms with E-state index >= 15 is 0 Å². The number of rotatable bonds is 6. The van der Waals surface area contributed by atoms with Crippen molar-refractivity contribution in [3.8, 4) is 0 Å². The summed E-state index contributed by atoms with van der Waals surface area (Å²) in [4.78, 5) is 11.0. The third-order valence-corrected chi connectivity index (χ3v) is 2.78. The lowest BCUT2D eigenvalue weighted by Crippen LogP contribution is -2.15. The standard InChI is InChI=1S/C15H19FO3/c1-10(2)8-12(15(18)19)9-13(16)14(17)11-6-4-3-5-7-11/h3-7,9-10,12,14,17H,8H2,1-2H3,(H,18,19)/b13-9-/t12-,14+/m1/s1. The first-order chi connectivity index (χ1) is 8.91. The first-order valence-corrected chi connectivity index (χ1v) is 6.24. The van der Waals surface area contributed by atoms with Gasteiger partial charge in [-0.05, 0) is 24.0 Å². The monoisotopic (exact) mass is 266 g/mol. The van der Waals surface area contributed by atoms with E-state index in [1.807, 2.05) is 13.8 Å². The molecule has 1 rings (SSSR count). The summed E-state index contributed by atoms with van der Waals surface area (Å²) in [5.74, 6) is -2.68. The average molecular weight is 266 g/mol. The second-order valence-electron chi connectivity index (χ2n) is 4.94. The predicted octanol–water partition coefficient (Wildman–Crippen LogP) is 3.32. The molecule has 0 fully saturated rings. The van der Waals surface area contributed by atoms with Gasteiger partial charge in [-0.3, -0.25) is 4.79 Å². The van der Waals surface area contributed by atoms with Gasteiger partial charge in [-0.25, -0.2) is 4.39 Å². The molecule has 1 aromatic carbocycles. The number of carboxylic acid groups (broad SMARTS) is 1. The molecule has 0 spiro atoms. The van der Waals surface area contributed by atoms with Gasteiger partial charge in [0.25, 0.3) is 0 Å². The van der Waals surface area contributed by atoms with Gasteiger partial charge in [-0.2, -0.15) is 0 Å². The van der Waals surface area contributed by atoms with Crippen LogP contribution < -0.4 is 0 Å². The zero-order chi connectivity index (χ0) is 14.4. The molecule has 0 unspecified atom stereocenters. The first-order valence-electron chi connectivity index (χ1n) is 6.24. The number of aliphatic hydroxyl groups excluding tert-OH is 1. The van der Waals surface area contributed by atoms with Crippen LogP contribution in [0.15, 0.2) is 42.2 Å². The van der Waals surface area contributed by atoms with Gasteiger partial charge in [0, 0.05) is 0 Å². The minimum atomic E-state index is -1.41. The molecule has 0 saturated heterocycles. The summed E-state index contributed by atoms with van der Waals surface area (Å²) in [6.45, 7) is 3.74. The molecule has 3 nitrogen and oxygen atoms in total. The van der Waals surface area contributed by atoms with Gasteiger partial charge in [-0.15, -0.1) is 0 Å². The van der Waals surface area contributed by atoms with Crippen molar-refractivity contribution in [2.45, 2.75) is 26.4 Å². The molecular formula is C15H19FO3. The fourth-order valence-corrected chi connectivity index (χ4v) is 1.83. The molecule has 0 bridgehead atoms. The van der Waals surface area contributed by atoms with Crippen LogP contribution in [0.5, 0.6) is 0 Å². The molecule has 0 saturated carbocycles. The van der Waals surface area contributed by atoms with Crippen LogP contribution in [0.1, 0.15) is 31.9 Å². The van der Waals surface area contributed by atoms with Crippen molar-refractivity contribution in [3.63, 3.8) is 0 Å². The molecule has 19 heavy (non-hydrogen) atoms. The number of halogens is 1. The molecule has 0 aromatic heterocycles. The largest absolute Gasteiger partial charge is 0.481 e. The second kappa shape index (κ2) is 7.04. The van der Waals surface area contributed by atoms with Crippen LogP contribution in [0.2, 0.25) is 0 Å². The highest BCUT2D eigenvalue weighted by Crippen LogP contribution is 2.25. The summed E-state index contributed by atoms with van der Waals surface area (Å²) < 4.78 is 13.9. The zero-order valence-corrected chi connectivity index (χ0v) is 11.1. The lowest BCUT2D eigenvalue weighted by molar-refractivity contribution is -0.140. The number of aliphatic carboxylic acids is 1. The highest BCUT2D eigenvalue weighted by molar-refractivity contribution is 5.72. The molecule has 1 aromatic rings. The molecule has 4 heteroatoms. The summed E-state index contributed by atoms with van der Waals surface area (Å²) in [5, 5.41) is 18.8. The number of carbonyl (C=O) groups is 1. The van der Waals surface area contributed by atoms with E-state index in [4.69, 9.17) is 5.11 Å². The Morgan fingerprint density at radius 3 is 2.37 bits per heavy atom. The van der Waals surface area contributed by atoms with E-state index < -0.39 is 23.8 Å². The van der Waals surface area contributed by atoms with E-state index in [2.05, 4.69) is 0 Å². The van der Waals surface area contributed by atoms with Crippen molar-refractivity contribution < 1.29 is 19.4 Å². The molecule has 2 atom stereocenters. The van der Waals surface area contributed by atoms with Crippen molar-refractivity contribution in [2.75, 3.05) is 0 Å². The van der Waals surface area contributed by atoms with Crippen LogP contribution in [-0.4, -0.2) is 16.2 Å². The maximum atomic E-state index is 13.9. The topological polar surface area (TPSA) is 57.5 Å². The Morgan fingerprint density at radius 1 is 1.32 bits per heavy atom. The normalized spacial score (nSPS) is 15.3. The van der Waals surface area contributed by atoms with Crippen LogP contribution in [-0.2, 0) is 4.79 Å². The van der Waals surface area contributed by atoms with E-state index in [1.165, 1.54) is 0 Å². The third-order valence-electron chi connectivity index (χ3n) is 2.78. The number of hydrogen-bond acceptors (Lipinski definition) is 2. The SMILES string of the molecule is CC(C)C[C@H](/C=C(\F)[C@@H](O)c1ccccc1)C(=O)O. The lowest BCUT2D eigenvalue weighted by Gasteiger charge is -2.13. The zero-order valence-electron chi connectivity index (χ0n) is 11.1. The maximum absolute atomic E-state index is 13.9. The summed E-state index contributed by atoms with van der Waals surface area (Å²) in [6, 6.07) is 8.33. The van der Waals surface area contributed by atoms with Crippen molar-refractivity contribution in [1.29, 1.82) is 0 Å². The fraction of sp³-hybridized carbons (Fsp3) is 0.400. The Hall–Kier alpha value is -1.68. The summed E-state index contributed by atoms with van der Waals surface area (Å²) >= 11 is 0. The van der Waals surface area contributed by atoms with E-state index in [1.54, 1.807) is 30.3 Å². The van der Waals surface area contributed by atoms with Gasteiger partial charge in [0.2, 0.25) is 0 Å². The molecule has 0 heterocycles. The molecule has 0 aliphatic rings. The van der Waals surface area contributed by atoms with E-state index in [0.29, 0.717) is 12.0 Å². The summed E-state index contributed by atoms with van der Waals surface area (Å²) in [5.41, 5.74) is 0.407. The molecule has 104 valence electrons. The molecule has 2 N–H and O–H groups in total. The Morgan fingerprint density at radius 2 is 1.89 bits per heavy atom. The van der Waals surface area contributed by atoms with Crippen molar-refractivity contribution in [1.82, 2.24) is 0 Å². The first kappa shape index (κ1) is 15.4. The van der Waals surface area contributed by atoms with Crippen LogP contribution in [0.25, 0.3) is 0 Å². The number of aliphatic hydroxyl groups is 1. The maximum Gasteiger partial charge on any atom is 0.310 e. The highest BCUT2D eigenvalue weighted by atomic mass is 19.1. The van der Waals surface area contributed by atoms with Crippen LogP contribution in [0, 0.1) is 11.8 Å². The molecule has 0 radical (unpaired) electrons. The van der Waals surface area contributed by atoms with E-state index in [9.17, 15) is 14.3 Å². The minimum Gasteiger partial charge on any atom is -0.481 e. The molecule has 0 aliphatic carbocycles. The quantitative estimate of drug-likeness (QED) is 0.830. The Labute approximate surface area is 112 Å². The number of hydrogen-bond donors (Lipinski definition) is 2. The predicted molar refractivity (Wildman–Crippen MR) is 71.2 cm³/mol.